The number of halogens is 3. The molecule has 2 rings (SSSR count). The second-order valence-corrected chi connectivity index (χ2v) is 5.32. The van der Waals surface area contributed by atoms with Crippen LogP contribution in [0.15, 0.2) is 35.5 Å². The van der Waals surface area contributed by atoms with E-state index in [1.54, 1.807) is 13.8 Å². The summed E-state index contributed by atoms with van der Waals surface area (Å²) in [5.74, 6) is -0.544. The monoisotopic (exact) mass is 344 g/mol. The molecule has 1 aliphatic rings. The van der Waals surface area contributed by atoms with Gasteiger partial charge in [0.15, 0.2) is 5.11 Å². The number of hydrogen-bond donors (Lipinski definition) is 2. The van der Waals surface area contributed by atoms with Crippen LogP contribution in [-0.4, -0.2) is 17.7 Å². The number of benzene rings is 1. The molecule has 23 heavy (non-hydrogen) atoms. The number of rotatable bonds is 3. The molecule has 1 atom stereocenters. The number of thiocarbonyl (C=S) groups is 1. The molecule has 1 unspecified atom stereocenters. The number of esters is 1. The van der Waals surface area contributed by atoms with Gasteiger partial charge in [0.05, 0.1) is 23.8 Å². The fourth-order valence-corrected chi connectivity index (χ4v) is 2.56. The van der Waals surface area contributed by atoms with Gasteiger partial charge in [0, 0.05) is 5.70 Å². The maximum Gasteiger partial charge on any atom is 0.416 e. The molecule has 1 aliphatic heterocycles. The van der Waals surface area contributed by atoms with Gasteiger partial charge < -0.3 is 15.4 Å². The number of carbonyl (C=O) groups is 1. The minimum absolute atomic E-state index is 0.194. The van der Waals surface area contributed by atoms with E-state index in [0.717, 1.165) is 12.1 Å². The van der Waals surface area contributed by atoms with Crippen LogP contribution in [0.25, 0.3) is 0 Å². The van der Waals surface area contributed by atoms with Gasteiger partial charge in [0.2, 0.25) is 0 Å². The van der Waals surface area contributed by atoms with Crippen LogP contribution in [0, 0.1) is 0 Å². The van der Waals surface area contributed by atoms with Crippen LogP contribution in [-0.2, 0) is 15.7 Å². The van der Waals surface area contributed by atoms with Crippen molar-refractivity contribution in [1.29, 1.82) is 0 Å². The first-order valence-electron chi connectivity index (χ1n) is 6.86. The van der Waals surface area contributed by atoms with Crippen molar-refractivity contribution in [2.75, 3.05) is 6.61 Å². The van der Waals surface area contributed by atoms with Crippen molar-refractivity contribution in [2.45, 2.75) is 26.1 Å². The molecule has 1 heterocycles. The quantitative estimate of drug-likeness (QED) is 0.652. The van der Waals surface area contributed by atoms with Crippen LogP contribution in [0.4, 0.5) is 13.2 Å². The standard InChI is InChI=1S/C15H15F3N2O2S/c1-3-22-13(21)11-8(2)19-14(23)20-12(11)9-4-6-10(7-5-9)15(16,17)18/h4-7,12H,3H2,1-2H3,(H2,19,20,23). The zero-order valence-electron chi connectivity index (χ0n) is 12.5. The molecule has 0 aromatic heterocycles. The molecule has 0 amide bonds. The van der Waals surface area contributed by atoms with Crippen molar-refractivity contribution >= 4 is 23.3 Å². The molecule has 1 aromatic carbocycles. The Labute approximate surface area is 136 Å². The van der Waals surface area contributed by atoms with Gasteiger partial charge in [0.25, 0.3) is 0 Å². The minimum Gasteiger partial charge on any atom is -0.463 e. The van der Waals surface area contributed by atoms with Crippen LogP contribution in [0.5, 0.6) is 0 Å². The minimum atomic E-state index is -4.41. The maximum absolute atomic E-state index is 12.7. The molecule has 0 spiro atoms. The smallest absolute Gasteiger partial charge is 0.416 e. The highest BCUT2D eigenvalue weighted by Crippen LogP contribution is 2.32. The lowest BCUT2D eigenvalue weighted by atomic mass is 9.95. The van der Waals surface area contributed by atoms with Gasteiger partial charge in [-0.3, -0.25) is 0 Å². The molecule has 0 radical (unpaired) electrons. The SMILES string of the molecule is CCOC(=O)C1=C(C)NC(=S)NC1c1ccc(C(F)(F)F)cc1. The molecule has 2 N–H and O–H groups in total. The van der Waals surface area contributed by atoms with E-state index >= 15 is 0 Å². The largest absolute Gasteiger partial charge is 0.463 e. The van der Waals surface area contributed by atoms with Crippen LogP contribution in [0.2, 0.25) is 0 Å². The highest BCUT2D eigenvalue weighted by molar-refractivity contribution is 7.80. The molecule has 0 aliphatic carbocycles. The zero-order valence-corrected chi connectivity index (χ0v) is 13.3. The summed E-state index contributed by atoms with van der Waals surface area (Å²) in [6.07, 6.45) is -4.41. The molecule has 4 nitrogen and oxygen atoms in total. The molecular weight excluding hydrogens is 329 g/mol. The highest BCUT2D eigenvalue weighted by atomic mass is 32.1. The fourth-order valence-electron chi connectivity index (χ4n) is 2.29. The number of allylic oxidation sites excluding steroid dienone is 1. The first-order chi connectivity index (χ1) is 10.7. The summed E-state index contributed by atoms with van der Waals surface area (Å²) >= 11 is 5.06. The first kappa shape index (κ1) is 17.3. The first-order valence-corrected chi connectivity index (χ1v) is 7.27. The van der Waals surface area contributed by atoms with E-state index in [1.165, 1.54) is 12.1 Å². The van der Waals surface area contributed by atoms with E-state index in [-0.39, 0.29) is 6.61 Å². The van der Waals surface area contributed by atoms with E-state index in [1.807, 2.05) is 0 Å². The van der Waals surface area contributed by atoms with Crippen molar-refractivity contribution in [3.63, 3.8) is 0 Å². The van der Waals surface area contributed by atoms with Gasteiger partial charge in [-0.05, 0) is 43.8 Å². The van der Waals surface area contributed by atoms with E-state index < -0.39 is 23.8 Å². The van der Waals surface area contributed by atoms with Crippen LogP contribution < -0.4 is 10.6 Å². The van der Waals surface area contributed by atoms with E-state index in [9.17, 15) is 18.0 Å². The summed E-state index contributed by atoms with van der Waals surface area (Å²) in [5, 5.41) is 6.01. The van der Waals surface area contributed by atoms with Crippen molar-refractivity contribution in [2.24, 2.45) is 0 Å². The Morgan fingerprint density at radius 1 is 1.30 bits per heavy atom. The van der Waals surface area contributed by atoms with Crippen LogP contribution in [0.1, 0.15) is 31.0 Å². The normalized spacial score (nSPS) is 18.3. The number of carbonyl (C=O) groups excluding carboxylic acids is 1. The summed E-state index contributed by atoms with van der Waals surface area (Å²) in [4.78, 5) is 12.1. The highest BCUT2D eigenvalue weighted by Gasteiger charge is 2.33. The number of ether oxygens (including phenoxy) is 1. The van der Waals surface area contributed by atoms with Gasteiger partial charge in [-0.15, -0.1) is 0 Å². The second kappa shape index (κ2) is 6.57. The average molecular weight is 344 g/mol. The van der Waals surface area contributed by atoms with Gasteiger partial charge in [-0.2, -0.15) is 13.2 Å². The molecule has 0 saturated heterocycles. The third kappa shape index (κ3) is 3.82. The maximum atomic E-state index is 12.7. The Bertz CT molecular complexity index is 654. The lowest BCUT2D eigenvalue weighted by molar-refractivity contribution is -0.139. The van der Waals surface area contributed by atoms with Crippen LogP contribution in [0.3, 0.4) is 0 Å². The Morgan fingerprint density at radius 2 is 1.91 bits per heavy atom. The lowest BCUT2D eigenvalue weighted by Gasteiger charge is -2.30. The Morgan fingerprint density at radius 3 is 2.43 bits per heavy atom. The molecule has 0 fully saturated rings. The third-order valence-electron chi connectivity index (χ3n) is 3.34. The average Bonchev–Trinajstić information content (AvgIpc) is 2.45. The summed E-state index contributed by atoms with van der Waals surface area (Å²) in [5.41, 5.74) is 0.540. The summed E-state index contributed by atoms with van der Waals surface area (Å²) in [7, 11) is 0. The zero-order chi connectivity index (χ0) is 17.2. The third-order valence-corrected chi connectivity index (χ3v) is 3.56. The molecule has 8 heteroatoms. The fraction of sp³-hybridized carbons (Fsp3) is 0.333. The van der Waals surface area contributed by atoms with Gasteiger partial charge in [-0.25, -0.2) is 4.79 Å². The molecular formula is C15H15F3N2O2S. The molecule has 0 saturated carbocycles. The van der Waals surface area contributed by atoms with Gasteiger partial charge >= 0.3 is 12.1 Å². The molecule has 1 aromatic rings. The lowest BCUT2D eigenvalue weighted by Crippen LogP contribution is -2.45. The van der Waals surface area contributed by atoms with E-state index in [4.69, 9.17) is 17.0 Å². The van der Waals surface area contributed by atoms with Gasteiger partial charge in [-0.1, -0.05) is 12.1 Å². The van der Waals surface area contributed by atoms with E-state index in [2.05, 4.69) is 10.6 Å². The number of nitrogens with one attached hydrogen (secondary N) is 2. The number of alkyl halides is 3. The summed E-state index contributed by atoms with van der Waals surface area (Å²) < 4.78 is 43.0. The van der Waals surface area contributed by atoms with Crippen molar-refractivity contribution in [3.05, 3.63) is 46.7 Å². The van der Waals surface area contributed by atoms with Crippen molar-refractivity contribution in [1.82, 2.24) is 10.6 Å². The van der Waals surface area contributed by atoms with Gasteiger partial charge in [0.1, 0.15) is 0 Å². The predicted molar refractivity (Wildman–Crippen MR) is 82.4 cm³/mol. The Hall–Kier alpha value is -2.09. The predicted octanol–water partition coefficient (Wildman–Crippen LogP) is 3.06. The van der Waals surface area contributed by atoms with E-state index in [0.29, 0.717) is 21.9 Å². The van der Waals surface area contributed by atoms with Crippen molar-refractivity contribution in [3.8, 4) is 0 Å². The molecule has 0 bridgehead atoms. The Balaban J connectivity index is 2.40. The number of hydrogen-bond acceptors (Lipinski definition) is 3. The topological polar surface area (TPSA) is 50.4 Å². The molecule has 124 valence electrons. The summed E-state index contributed by atoms with van der Waals surface area (Å²) in [6.45, 7) is 3.53. The van der Waals surface area contributed by atoms with Crippen LogP contribution >= 0.6 is 12.2 Å². The van der Waals surface area contributed by atoms with Crippen molar-refractivity contribution < 1.29 is 22.7 Å². The second-order valence-electron chi connectivity index (χ2n) is 4.91. The Kier molecular flexibility index (Phi) is 4.93. The summed E-state index contributed by atoms with van der Waals surface area (Å²) in [6, 6.07) is 3.92.